The lowest BCUT2D eigenvalue weighted by Crippen LogP contribution is -2.44. The summed E-state index contributed by atoms with van der Waals surface area (Å²) in [5, 5.41) is 3.42. The van der Waals surface area contributed by atoms with Gasteiger partial charge < -0.3 is 19.7 Å². The molecule has 1 aromatic carbocycles. The smallest absolute Gasteiger partial charge is 0.257 e. The molecule has 0 saturated heterocycles. The maximum atomic E-state index is 13.1. The van der Waals surface area contributed by atoms with Crippen molar-refractivity contribution in [2.24, 2.45) is 5.92 Å². The number of hydrogen-bond acceptors (Lipinski definition) is 6. The van der Waals surface area contributed by atoms with Crippen molar-refractivity contribution >= 4 is 21.6 Å². The van der Waals surface area contributed by atoms with Gasteiger partial charge in [0.25, 0.3) is 5.91 Å². The Balaban J connectivity index is 2.40. The molecule has 0 aliphatic carbocycles. The fourth-order valence-electron chi connectivity index (χ4n) is 2.98. The van der Waals surface area contributed by atoms with Gasteiger partial charge in [0, 0.05) is 39.0 Å². The van der Waals surface area contributed by atoms with Crippen LogP contribution in [0.1, 0.15) is 31.1 Å². The molecule has 28 heavy (non-hydrogen) atoms. The first-order valence-corrected chi connectivity index (χ1v) is 11.1. The number of likely N-dealkylation sites (N-methyl/N-ethyl adjacent to an activating group) is 1. The van der Waals surface area contributed by atoms with Crippen LogP contribution in [0.25, 0.3) is 0 Å². The highest BCUT2D eigenvalue weighted by molar-refractivity contribution is 7.92. The second-order valence-corrected chi connectivity index (χ2v) is 9.28. The predicted octanol–water partition coefficient (Wildman–Crippen LogP) is 1.54. The SMILES string of the molecule is CCS(=O)(=O)Nc1ccc2c(c1)C(=O)N(C)C[C@H](OC)[C@@H](C)CN[C@H](C)CO2. The van der Waals surface area contributed by atoms with Crippen LogP contribution in [0.15, 0.2) is 18.2 Å². The Morgan fingerprint density at radius 3 is 2.71 bits per heavy atom. The lowest BCUT2D eigenvalue weighted by Gasteiger charge is -2.30. The summed E-state index contributed by atoms with van der Waals surface area (Å²) in [4.78, 5) is 14.7. The van der Waals surface area contributed by atoms with E-state index in [4.69, 9.17) is 9.47 Å². The van der Waals surface area contributed by atoms with E-state index < -0.39 is 10.0 Å². The van der Waals surface area contributed by atoms with Gasteiger partial charge in [-0.05, 0) is 38.0 Å². The van der Waals surface area contributed by atoms with Crippen LogP contribution >= 0.6 is 0 Å². The number of amides is 1. The van der Waals surface area contributed by atoms with E-state index in [-0.39, 0.29) is 29.7 Å². The van der Waals surface area contributed by atoms with E-state index >= 15 is 0 Å². The van der Waals surface area contributed by atoms with Gasteiger partial charge in [0.15, 0.2) is 0 Å². The lowest BCUT2D eigenvalue weighted by molar-refractivity contribution is 0.0281. The van der Waals surface area contributed by atoms with Crippen LogP contribution in [0.3, 0.4) is 0 Å². The Labute approximate surface area is 167 Å². The number of carbonyl (C=O) groups is 1. The average molecular weight is 414 g/mol. The number of rotatable bonds is 4. The van der Waals surface area contributed by atoms with Crippen LogP contribution in [-0.4, -0.2) is 71.0 Å². The zero-order valence-electron chi connectivity index (χ0n) is 17.2. The molecule has 2 rings (SSSR count). The molecule has 0 fully saturated rings. The number of anilines is 1. The fourth-order valence-corrected chi connectivity index (χ4v) is 3.61. The number of nitrogens with one attached hydrogen (secondary N) is 2. The van der Waals surface area contributed by atoms with Gasteiger partial charge in [-0.15, -0.1) is 0 Å². The molecule has 8 nitrogen and oxygen atoms in total. The van der Waals surface area contributed by atoms with Crippen LogP contribution < -0.4 is 14.8 Å². The predicted molar refractivity (Wildman–Crippen MR) is 109 cm³/mol. The minimum absolute atomic E-state index is 0.0506. The molecule has 1 aliphatic heterocycles. The average Bonchev–Trinajstić information content (AvgIpc) is 2.67. The third kappa shape index (κ3) is 5.83. The van der Waals surface area contributed by atoms with Crippen LogP contribution in [0.2, 0.25) is 0 Å². The van der Waals surface area contributed by atoms with Gasteiger partial charge in [0.1, 0.15) is 12.4 Å². The molecule has 1 heterocycles. The minimum atomic E-state index is -3.44. The molecule has 1 aliphatic rings. The molecule has 158 valence electrons. The highest BCUT2D eigenvalue weighted by atomic mass is 32.2. The van der Waals surface area contributed by atoms with Crippen molar-refractivity contribution in [1.29, 1.82) is 0 Å². The Morgan fingerprint density at radius 1 is 1.36 bits per heavy atom. The molecular formula is C19H31N3O5S. The molecule has 0 saturated carbocycles. The second kappa shape index (κ2) is 9.58. The van der Waals surface area contributed by atoms with Crippen molar-refractivity contribution in [2.75, 3.05) is 44.3 Å². The fraction of sp³-hybridized carbons (Fsp3) is 0.632. The number of nitrogens with zero attached hydrogens (tertiary/aromatic N) is 1. The summed E-state index contributed by atoms with van der Waals surface area (Å²) < 4.78 is 37.7. The van der Waals surface area contributed by atoms with Crippen LogP contribution in [0.4, 0.5) is 5.69 Å². The van der Waals surface area contributed by atoms with Crippen molar-refractivity contribution in [3.8, 4) is 5.75 Å². The number of carbonyl (C=O) groups excluding carboxylic acids is 1. The molecule has 2 N–H and O–H groups in total. The zero-order chi connectivity index (χ0) is 20.9. The maximum absolute atomic E-state index is 13.1. The summed E-state index contributed by atoms with van der Waals surface area (Å²) in [6.07, 6.45) is -0.126. The molecule has 3 atom stereocenters. The van der Waals surface area contributed by atoms with Gasteiger partial charge in [0.05, 0.1) is 17.4 Å². The summed E-state index contributed by atoms with van der Waals surface area (Å²) in [6, 6.07) is 4.84. The van der Waals surface area contributed by atoms with Crippen molar-refractivity contribution in [3.05, 3.63) is 23.8 Å². The van der Waals surface area contributed by atoms with Gasteiger partial charge in [-0.3, -0.25) is 9.52 Å². The number of hydrogen-bond donors (Lipinski definition) is 2. The van der Waals surface area contributed by atoms with Gasteiger partial charge in [0.2, 0.25) is 10.0 Å². The molecule has 0 unspecified atom stereocenters. The summed E-state index contributed by atoms with van der Waals surface area (Å²) in [5.74, 6) is 0.324. The zero-order valence-corrected chi connectivity index (χ0v) is 18.0. The summed E-state index contributed by atoms with van der Waals surface area (Å²) in [7, 11) is -0.0983. The van der Waals surface area contributed by atoms with E-state index in [0.717, 1.165) is 6.54 Å². The topological polar surface area (TPSA) is 97.0 Å². The summed E-state index contributed by atoms with van der Waals surface area (Å²) in [5.41, 5.74) is 0.648. The molecule has 1 aromatic rings. The molecule has 1 amide bonds. The summed E-state index contributed by atoms with van der Waals surface area (Å²) in [6.45, 7) is 7.18. The van der Waals surface area contributed by atoms with Crippen molar-refractivity contribution in [1.82, 2.24) is 10.2 Å². The van der Waals surface area contributed by atoms with Gasteiger partial charge in [-0.1, -0.05) is 6.92 Å². The Kier molecular flexibility index (Phi) is 7.68. The normalized spacial score (nSPS) is 24.5. The Bertz CT molecular complexity index is 784. The van der Waals surface area contributed by atoms with E-state index in [1.54, 1.807) is 38.1 Å². The standard InChI is InChI=1S/C19H31N3O5S/c1-6-28(24,25)21-15-7-8-17-16(9-15)19(23)22(4)11-18(26-5)13(2)10-20-14(3)12-27-17/h7-9,13-14,18,20-21H,6,10-12H2,1-5H3/t13-,14+,18-/m0/s1. The van der Waals surface area contributed by atoms with E-state index in [0.29, 0.717) is 30.2 Å². The van der Waals surface area contributed by atoms with Gasteiger partial charge >= 0.3 is 0 Å². The van der Waals surface area contributed by atoms with Crippen LogP contribution in [-0.2, 0) is 14.8 Å². The number of fused-ring (bicyclic) bond motifs is 1. The highest BCUT2D eigenvalue weighted by Gasteiger charge is 2.25. The largest absolute Gasteiger partial charge is 0.491 e. The monoisotopic (exact) mass is 413 g/mol. The molecule has 0 bridgehead atoms. The maximum Gasteiger partial charge on any atom is 0.257 e. The molecular weight excluding hydrogens is 382 g/mol. The lowest BCUT2D eigenvalue weighted by atomic mass is 10.0. The third-order valence-corrected chi connectivity index (χ3v) is 6.19. The molecule has 0 spiro atoms. The van der Waals surface area contributed by atoms with Crippen molar-refractivity contribution in [2.45, 2.75) is 32.9 Å². The molecule has 0 radical (unpaired) electrons. The van der Waals surface area contributed by atoms with Crippen molar-refractivity contribution < 1.29 is 22.7 Å². The summed E-state index contributed by atoms with van der Waals surface area (Å²) >= 11 is 0. The van der Waals surface area contributed by atoms with Crippen molar-refractivity contribution in [3.63, 3.8) is 0 Å². The van der Waals surface area contributed by atoms with E-state index in [1.165, 1.54) is 6.07 Å². The first kappa shape index (κ1) is 22.4. The van der Waals surface area contributed by atoms with Gasteiger partial charge in [-0.25, -0.2) is 8.42 Å². The van der Waals surface area contributed by atoms with E-state index in [9.17, 15) is 13.2 Å². The van der Waals surface area contributed by atoms with Crippen LogP contribution in [0, 0.1) is 5.92 Å². The van der Waals surface area contributed by atoms with E-state index in [1.807, 2.05) is 6.92 Å². The number of sulfonamides is 1. The quantitative estimate of drug-likeness (QED) is 0.777. The first-order valence-electron chi connectivity index (χ1n) is 9.45. The van der Waals surface area contributed by atoms with Gasteiger partial charge in [-0.2, -0.15) is 0 Å². The number of methoxy groups -OCH3 is 1. The third-order valence-electron chi connectivity index (χ3n) is 4.88. The Hall–Kier alpha value is -1.84. The molecule has 0 aromatic heterocycles. The molecule has 9 heteroatoms. The Morgan fingerprint density at radius 2 is 2.07 bits per heavy atom. The number of ether oxygens (including phenoxy) is 2. The van der Waals surface area contributed by atoms with E-state index in [2.05, 4.69) is 17.0 Å². The number of benzene rings is 1. The minimum Gasteiger partial charge on any atom is -0.491 e. The van der Waals surface area contributed by atoms with Crippen LogP contribution in [0.5, 0.6) is 5.75 Å². The highest BCUT2D eigenvalue weighted by Crippen LogP contribution is 2.26. The second-order valence-electron chi connectivity index (χ2n) is 7.27. The first-order chi connectivity index (χ1) is 13.2.